The summed E-state index contributed by atoms with van der Waals surface area (Å²) in [5, 5.41) is 0. The van der Waals surface area contributed by atoms with Crippen molar-refractivity contribution in [3.63, 3.8) is 0 Å². The van der Waals surface area contributed by atoms with E-state index in [1.807, 2.05) is 0 Å². The second-order valence-corrected chi connectivity index (χ2v) is 3.97. The van der Waals surface area contributed by atoms with Gasteiger partial charge in [0.25, 0.3) is 0 Å². The largest absolute Gasteiger partial charge is 0.383 e. The van der Waals surface area contributed by atoms with Crippen molar-refractivity contribution in [1.82, 2.24) is 4.90 Å². The van der Waals surface area contributed by atoms with E-state index in [9.17, 15) is 0 Å². The van der Waals surface area contributed by atoms with Crippen LogP contribution in [0, 0.1) is 5.92 Å². The van der Waals surface area contributed by atoms with Crippen LogP contribution in [0.1, 0.15) is 13.3 Å². The molecule has 0 spiro atoms. The highest BCUT2D eigenvalue weighted by Gasteiger charge is 2.09. The lowest BCUT2D eigenvalue weighted by molar-refractivity contribution is 0.105. The zero-order chi connectivity index (χ0) is 11.5. The van der Waals surface area contributed by atoms with Gasteiger partial charge in [-0.25, -0.2) is 0 Å². The fourth-order valence-corrected chi connectivity index (χ4v) is 1.55. The number of nitrogens with zero attached hydrogens (tertiary/aromatic N) is 1. The van der Waals surface area contributed by atoms with Gasteiger partial charge < -0.3 is 15.2 Å². The SMILES string of the molecule is COCCN(CCOC)CC(C)CCN. The van der Waals surface area contributed by atoms with Crippen molar-refractivity contribution in [3.05, 3.63) is 0 Å². The Balaban J connectivity index is 3.76. The summed E-state index contributed by atoms with van der Waals surface area (Å²) in [6, 6.07) is 0. The number of nitrogens with two attached hydrogens (primary N) is 1. The highest BCUT2D eigenvalue weighted by atomic mass is 16.5. The van der Waals surface area contributed by atoms with Crippen LogP contribution in [0.2, 0.25) is 0 Å². The standard InChI is InChI=1S/C11H26N2O2/c1-11(4-5-12)10-13(6-8-14-2)7-9-15-3/h11H,4-10,12H2,1-3H3. The third kappa shape index (κ3) is 8.81. The molecule has 92 valence electrons. The molecule has 15 heavy (non-hydrogen) atoms. The maximum absolute atomic E-state index is 5.54. The Kier molecular flexibility index (Phi) is 10.3. The van der Waals surface area contributed by atoms with Gasteiger partial charge in [0.1, 0.15) is 0 Å². The van der Waals surface area contributed by atoms with Gasteiger partial charge in [0.15, 0.2) is 0 Å². The Bertz CT molecular complexity index is 126. The summed E-state index contributed by atoms with van der Waals surface area (Å²) in [7, 11) is 3.47. The molecule has 4 nitrogen and oxygen atoms in total. The molecule has 0 aromatic carbocycles. The van der Waals surface area contributed by atoms with Crippen molar-refractivity contribution in [3.8, 4) is 0 Å². The minimum Gasteiger partial charge on any atom is -0.383 e. The van der Waals surface area contributed by atoms with Gasteiger partial charge in [-0.2, -0.15) is 0 Å². The molecule has 2 N–H and O–H groups in total. The van der Waals surface area contributed by atoms with Crippen LogP contribution in [0.5, 0.6) is 0 Å². The summed E-state index contributed by atoms with van der Waals surface area (Å²) in [6.45, 7) is 7.56. The summed E-state index contributed by atoms with van der Waals surface area (Å²) >= 11 is 0. The van der Waals surface area contributed by atoms with Crippen LogP contribution in [0.15, 0.2) is 0 Å². The van der Waals surface area contributed by atoms with E-state index in [4.69, 9.17) is 15.2 Å². The number of hydrogen-bond acceptors (Lipinski definition) is 4. The summed E-state index contributed by atoms with van der Waals surface area (Å²) in [4.78, 5) is 2.37. The second-order valence-electron chi connectivity index (χ2n) is 3.97. The van der Waals surface area contributed by atoms with E-state index in [1.165, 1.54) is 0 Å². The van der Waals surface area contributed by atoms with Gasteiger partial charge in [0, 0.05) is 33.9 Å². The third-order valence-corrected chi connectivity index (χ3v) is 2.45. The molecule has 0 radical (unpaired) electrons. The van der Waals surface area contributed by atoms with Crippen molar-refractivity contribution < 1.29 is 9.47 Å². The quantitative estimate of drug-likeness (QED) is 0.582. The molecule has 0 saturated carbocycles. The van der Waals surface area contributed by atoms with Crippen molar-refractivity contribution in [2.75, 3.05) is 53.6 Å². The van der Waals surface area contributed by atoms with E-state index < -0.39 is 0 Å². The van der Waals surface area contributed by atoms with E-state index in [1.54, 1.807) is 14.2 Å². The zero-order valence-corrected chi connectivity index (χ0v) is 10.4. The number of ether oxygens (including phenoxy) is 2. The normalized spacial score (nSPS) is 13.4. The summed E-state index contributed by atoms with van der Waals surface area (Å²) in [5.41, 5.74) is 5.54. The first-order valence-electron chi connectivity index (χ1n) is 5.64. The maximum atomic E-state index is 5.54. The first-order valence-corrected chi connectivity index (χ1v) is 5.64. The van der Waals surface area contributed by atoms with Gasteiger partial charge >= 0.3 is 0 Å². The highest BCUT2D eigenvalue weighted by molar-refractivity contribution is 4.63. The minimum absolute atomic E-state index is 0.642. The van der Waals surface area contributed by atoms with Crippen molar-refractivity contribution in [2.24, 2.45) is 11.7 Å². The lowest BCUT2D eigenvalue weighted by atomic mass is 10.1. The van der Waals surface area contributed by atoms with Gasteiger partial charge in [-0.1, -0.05) is 6.92 Å². The molecule has 0 aromatic heterocycles. The minimum atomic E-state index is 0.642. The van der Waals surface area contributed by atoms with Crippen LogP contribution in [0.4, 0.5) is 0 Å². The predicted molar refractivity (Wildman–Crippen MR) is 63.0 cm³/mol. The lowest BCUT2D eigenvalue weighted by Crippen LogP contribution is -2.34. The third-order valence-electron chi connectivity index (χ3n) is 2.45. The monoisotopic (exact) mass is 218 g/mol. The van der Waals surface area contributed by atoms with Crippen LogP contribution < -0.4 is 5.73 Å². The van der Waals surface area contributed by atoms with E-state index in [2.05, 4.69) is 11.8 Å². The molecule has 0 aliphatic heterocycles. The topological polar surface area (TPSA) is 47.7 Å². The van der Waals surface area contributed by atoms with Crippen molar-refractivity contribution >= 4 is 0 Å². The fraction of sp³-hybridized carbons (Fsp3) is 1.00. The molecule has 1 unspecified atom stereocenters. The average Bonchev–Trinajstić information content (AvgIpc) is 2.22. The van der Waals surface area contributed by atoms with E-state index in [0.717, 1.165) is 45.8 Å². The maximum Gasteiger partial charge on any atom is 0.0589 e. The Hall–Kier alpha value is -0.160. The predicted octanol–water partition coefficient (Wildman–Crippen LogP) is 0.566. The molecule has 0 rings (SSSR count). The molecule has 0 aliphatic carbocycles. The molecule has 0 heterocycles. The van der Waals surface area contributed by atoms with Crippen LogP contribution >= 0.6 is 0 Å². The number of rotatable bonds is 10. The zero-order valence-electron chi connectivity index (χ0n) is 10.4. The van der Waals surface area contributed by atoms with Crippen LogP contribution in [0.3, 0.4) is 0 Å². The summed E-state index contributed by atoms with van der Waals surface area (Å²) < 4.78 is 10.2. The first kappa shape index (κ1) is 14.8. The Labute approximate surface area is 93.7 Å². The molecule has 4 heteroatoms. The molecule has 0 aromatic rings. The molecule has 0 fully saturated rings. The van der Waals surface area contributed by atoms with E-state index >= 15 is 0 Å². The van der Waals surface area contributed by atoms with Gasteiger partial charge in [-0.3, -0.25) is 4.90 Å². The van der Waals surface area contributed by atoms with Gasteiger partial charge in [-0.15, -0.1) is 0 Å². The van der Waals surface area contributed by atoms with E-state index in [0.29, 0.717) is 5.92 Å². The molecule has 0 saturated heterocycles. The Morgan fingerprint density at radius 1 is 1.13 bits per heavy atom. The van der Waals surface area contributed by atoms with Crippen LogP contribution in [-0.4, -0.2) is 58.5 Å². The van der Waals surface area contributed by atoms with Gasteiger partial charge in [0.2, 0.25) is 0 Å². The molecular weight excluding hydrogens is 192 g/mol. The fourth-order valence-electron chi connectivity index (χ4n) is 1.55. The second kappa shape index (κ2) is 10.4. The van der Waals surface area contributed by atoms with Crippen LogP contribution in [0.25, 0.3) is 0 Å². The summed E-state index contributed by atoms with van der Waals surface area (Å²) in [6.07, 6.45) is 1.08. The van der Waals surface area contributed by atoms with Gasteiger partial charge in [0.05, 0.1) is 13.2 Å². The summed E-state index contributed by atoms with van der Waals surface area (Å²) in [5.74, 6) is 0.642. The Morgan fingerprint density at radius 3 is 2.07 bits per heavy atom. The van der Waals surface area contributed by atoms with Crippen molar-refractivity contribution in [1.29, 1.82) is 0 Å². The van der Waals surface area contributed by atoms with Crippen molar-refractivity contribution in [2.45, 2.75) is 13.3 Å². The van der Waals surface area contributed by atoms with Gasteiger partial charge in [-0.05, 0) is 18.9 Å². The molecule has 0 aliphatic rings. The first-order chi connectivity index (χ1) is 7.24. The average molecular weight is 218 g/mol. The number of hydrogen-bond donors (Lipinski definition) is 1. The Morgan fingerprint density at radius 2 is 1.67 bits per heavy atom. The lowest BCUT2D eigenvalue weighted by Gasteiger charge is -2.24. The molecule has 0 bridgehead atoms. The highest BCUT2D eigenvalue weighted by Crippen LogP contribution is 2.03. The molecule has 1 atom stereocenters. The smallest absolute Gasteiger partial charge is 0.0589 e. The number of methoxy groups -OCH3 is 2. The molecular formula is C11H26N2O2. The van der Waals surface area contributed by atoms with Crippen LogP contribution in [-0.2, 0) is 9.47 Å². The molecule has 0 amide bonds. The van der Waals surface area contributed by atoms with E-state index in [-0.39, 0.29) is 0 Å².